The summed E-state index contributed by atoms with van der Waals surface area (Å²) in [7, 11) is 0. The van der Waals surface area contributed by atoms with E-state index in [2.05, 4.69) is 22.6 Å². The van der Waals surface area contributed by atoms with Crippen LogP contribution in [0.3, 0.4) is 0 Å². The second-order valence-electron chi connectivity index (χ2n) is 8.06. The molecule has 6 heteroatoms. The molecule has 0 fully saturated rings. The lowest BCUT2D eigenvalue weighted by Crippen LogP contribution is -2.29. The molecule has 1 aliphatic heterocycles. The molecule has 2 heterocycles. The minimum absolute atomic E-state index is 0.0788. The lowest BCUT2D eigenvalue weighted by molar-refractivity contribution is -0.116. The van der Waals surface area contributed by atoms with Crippen LogP contribution < -0.4 is 10.1 Å². The Labute approximate surface area is 180 Å². The van der Waals surface area contributed by atoms with Gasteiger partial charge in [0.2, 0.25) is 5.88 Å². The summed E-state index contributed by atoms with van der Waals surface area (Å²) in [6.45, 7) is 4.19. The molecule has 3 aromatic rings. The van der Waals surface area contributed by atoms with E-state index in [0.29, 0.717) is 24.7 Å². The molecule has 158 valence electrons. The van der Waals surface area contributed by atoms with Gasteiger partial charge in [-0.3, -0.25) is 4.79 Å². The van der Waals surface area contributed by atoms with Gasteiger partial charge >= 0.3 is 0 Å². The summed E-state index contributed by atoms with van der Waals surface area (Å²) < 4.78 is 11.2. The molecule has 2 N–H and O–H groups in total. The number of carbonyl (C=O) groups excluding carboxylic acids is 1. The van der Waals surface area contributed by atoms with Crippen LogP contribution in [0.25, 0.3) is 0 Å². The Kier molecular flexibility index (Phi) is 4.77. The number of aromatic hydroxyl groups is 1. The van der Waals surface area contributed by atoms with E-state index >= 15 is 0 Å². The molecule has 0 saturated carbocycles. The van der Waals surface area contributed by atoms with Crippen LogP contribution in [0.2, 0.25) is 0 Å². The molecule has 31 heavy (non-hydrogen) atoms. The number of ether oxygens (including phenoxy) is 1. The number of hydrogen-bond donors (Lipinski definition) is 2. The average molecular weight is 416 g/mol. The second kappa shape index (κ2) is 7.61. The van der Waals surface area contributed by atoms with Crippen LogP contribution in [0.15, 0.2) is 64.3 Å². The van der Waals surface area contributed by atoms with E-state index < -0.39 is 0 Å². The number of phenolic OH excluding ortho intramolecular Hbond substituents is 1. The maximum absolute atomic E-state index is 13.5. The molecule has 6 nitrogen and oxygen atoms in total. The first-order valence-corrected chi connectivity index (χ1v) is 10.6. The molecular weight excluding hydrogens is 392 g/mol. The third-order valence-electron chi connectivity index (χ3n) is 6.15. The van der Waals surface area contributed by atoms with Crippen LogP contribution in [-0.2, 0) is 4.79 Å². The van der Waals surface area contributed by atoms with Crippen molar-refractivity contribution in [2.75, 3.05) is 11.9 Å². The Hall–Kier alpha value is -3.54. The highest BCUT2D eigenvalue weighted by Crippen LogP contribution is 2.49. The molecule has 0 saturated heterocycles. The van der Waals surface area contributed by atoms with Crippen LogP contribution in [0.1, 0.15) is 54.0 Å². The fraction of sp³-hybridized carbons (Fsp3) is 0.280. The number of allylic oxidation sites excluding steroid dienone is 2. The van der Waals surface area contributed by atoms with E-state index in [4.69, 9.17) is 9.26 Å². The summed E-state index contributed by atoms with van der Waals surface area (Å²) in [5, 5.41) is 17.7. The maximum atomic E-state index is 13.5. The Bertz CT molecular complexity index is 1180. The summed E-state index contributed by atoms with van der Waals surface area (Å²) in [6, 6.07) is 15.4. The van der Waals surface area contributed by atoms with Gasteiger partial charge in [-0.25, -0.2) is 0 Å². The van der Waals surface area contributed by atoms with E-state index in [9.17, 15) is 9.90 Å². The van der Waals surface area contributed by atoms with Crippen molar-refractivity contribution in [1.82, 2.24) is 5.16 Å². The smallest absolute Gasteiger partial charge is 0.233 e. The van der Waals surface area contributed by atoms with E-state index in [1.54, 1.807) is 6.07 Å². The van der Waals surface area contributed by atoms with Crippen LogP contribution in [0.5, 0.6) is 11.5 Å². The molecule has 0 radical (unpaired) electrons. The van der Waals surface area contributed by atoms with E-state index in [0.717, 1.165) is 40.1 Å². The maximum Gasteiger partial charge on any atom is 0.233 e. The summed E-state index contributed by atoms with van der Waals surface area (Å²) in [5.74, 6) is 0.974. The predicted molar refractivity (Wildman–Crippen MR) is 116 cm³/mol. The number of carbonyl (C=O) groups is 1. The van der Waals surface area contributed by atoms with Gasteiger partial charge in [0.15, 0.2) is 17.3 Å². The topological polar surface area (TPSA) is 84.6 Å². The number of anilines is 1. The zero-order valence-corrected chi connectivity index (χ0v) is 17.5. The van der Waals surface area contributed by atoms with E-state index in [-0.39, 0.29) is 23.4 Å². The summed E-state index contributed by atoms with van der Waals surface area (Å²) in [6.07, 6.45) is 1.17. The number of nitrogens with one attached hydrogen (secondary N) is 1. The standard InChI is InChI=1S/C25H24N2O4/c1-3-30-21-13-16(9-10-19(21)28)23-22-14(2)27-31-25(22)26-18-11-17(12-20(29)24(18)23)15-7-5-4-6-8-15/h4-10,13,17,23,26,28H,3,11-12H2,1-2H3/t17-,23-/m1/s1. The number of nitrogens with zero attached hydrogens (tertiary/aromatic N) is 1. The molecule has 0 amide bonds. The first-order chi connectivity index (χ1) is 15.1. The normalized spacial score (nSPS) is 20.1. The second-order valence-corrected chi connectivity index (χ2v) is 8.06. The van der Waals surface area contributed by atoms with Crippen molar-refractivity contribution in [3.8, 4) is 11.5 Å². The number of aryl methyl sites for hydroxylation is 1. The molecule has 0 bridgehead atoms. The van der Waals surface area contributed by atoms with Crippen LogP contribution in [-0.4, -0.2) is 22.7 Å². The highest BCUT2D eigenvalue weighted by Gasteiger charge is 2.41. The monoisotopic (exact) mass is 416 g/mol. The quantitative estimate of drug-likeness (QED) is 0.619. The lowest BCUT2D eigenvalue weighted by Gasteiger charge is -2.34. The summed E-state index contributed by atoms with van der Waals surface area (Å²) in [4.78, 5) is 13.5. The van der Waals surface area contributed by atoms with Gasteiger partial charge in [0.05, 0.1) is 17.9 Å². The highest BCUT2D eigenvalue weighted by atomic mass is 16.5. The highest BCUT2D eigenvalue weighted by molar-refractivity contribution is 6.01. The van der Waals surface area contributed by atoms with Crippen LogP contribution in [0.4, 0.5) is 5.88 Å². The number of aromatic nitrogens is 1. The lowest BCUT2D eigenvalue weighted by atomic mass is 9.72. The average Bonchev–Trinajstić information content (AvgIpc) is 3.15. The van der Waals surface area contributed by atoms with Gasteiger partial charge in [-0.15, -0.1) is 0 Å². The minimum atomic E-state index is -0.318. The van der Waals surface area contributed by atoms with Crippen molar-refractivity contribution in [2.45, 2.75) is 38.5 Å². The predicted octanol–water partition coefficient (Wildman–Crippen LogP) is 5.05. The molecule has 2 aliphatic rings. The van der Waals surface area contributed by atoms with E-state index in [1.807, 2.05) is 44.2 Å². The van der Waals surface area contributed by atoms with Gasteiger partial charge in [-0.1, -0.05) is 41.6 Å². The molecule has 2 atom stereocenters. The van der Waals surface area contributed by atoms with Gasteiger partial charge in [-0.2, -0.15) is 0 Å². The van der Waals surface area contributed by atoms with Crippen molar-refractivity contribution in [3.05, 3.63) is 82.2 Å². The van der Waals surface area contributed by atoms with Crippen LogP contribution >= 0.6 is 0 Å². The number of ketones is 1. The van der Waals surface area contributed by atoms with Crippen molar-refractivity contribution >= 4 is 11.7 Å². The fourth-order valence-corrected chi connectivity index (χ4v) is 4.75. The number of Topliss-reactive ketones (excluding diaryl/α,β-unsaturated/α-hetero) is 1. The third kappa shape index (κ3) is 3.28. The Morgan fingerprint density at radius 2 is 1.97 bits per heavy atom. The van der Waals surface area contributed by atoms with Crippen molar-refractivity contribution in [1.29, 1.82) is 0 Å². The largest absolute Gasteiger partial charge is 0.504 e. The summed E-state index contributed by atoms with van der Waals surface area (Å²) >= 11 is 0. The summed E-state index contributed by atoms with van der Waals surface area (Å²) in [5.41, 5.74) is 5.25. The van der Waals surface area contributed by atoms with Gasteiger partial charge in [0, 0.05) is 23.6 Å². The van der Waals surface area contributed by atoms with Gasteiger partial charge in [0.1, 0.15) is 0 Å². The molecule has 0 unspecified atom stereocenters. The number of phenols is 1. The van der Waals surface area contributed by atoms with Crippen molar-refractivity contribution < 1.29 is 19.2 Å². The zero-order valence-electron chi connectivity index (χ0n) is 17.5. The fourth-order valence-electron chi connectivity index (χ4n) is 4.75. The number of hydrogen-bond acceptors (Lipinski definition) is 6. The number of benzene rings is 2. The zero-order chi connectivity index (χ0) is 21.5. The Morgan fingerprint density at radius 1 is 1.16 bits per heavy atom. The molecule has 2 aromatic carbocycles. The minimum Gasteiger partial charge on any atom is -0.504 e. The molecule has 0 spiro atoms. The van der Waals surface area contributed by atoms with E-state index in [1.165, 1.54) is 0 Å². The SMILES string of the molecule is CCOc1cc([C@H]2C3=C(C[C@@H](c4ccccc4)CC3=O)Nc3onc(C)c32)ccc1O. The van der Waals surface area contributed by atoms with Gasteiger partial charge in [-0.05, 0) is 49.4 Å². The molecule has 1 aromatic heterocycles. The number of fused-ring (bicyclic) bond motifs is 1. The van der Waals surface area contributed by atoms with Crippen LogP contribution in [0, 0.1) is 6.92 Å². The van der Waals surface area contributed by atoms with Gasteiger partial charge in [0.25, 0.3) is 0 Å². The van der Waals surface area contributed by atoms with Crippen molar-refractivity contribution in [2.24, 2.45) is 0 Å². The first kappa shape index (κ1) is 19.4. The third-order valence-corrected chi connectivity index (χ3v) is 6.15. The Morgan fingerprint density at radius 3 is 2.74 bits per heavy atom. The molecule has 1 aliphatic carbocycles. The first-order valence-electron chi connectivity index (χ1n) is 10.6. The molecule has 5 rings (SSSR count). The number of rotatable bonds is 4. The van der Waals surface area contributed by atoms with Crippen molar-refractivity contribution in [3.63, 3.8) is 0 Å². The van der Waals surface area contributed by atoms with Gasteiger partial charge < -0.3 is 19.7 Å². The molecular formula is C25H24N2O4. The Balaban J connectivity index is 1.63.